The lowest BCUT2D eigenvalue weighted by atomic mass is 9.75. The SMILES string of the molecule is COc1ccc2c(c1)[C@H]1O[C@@H](C)CC[C@@H]1C(C)(C)O2. The molecule has 3 nitrogen and oxygen atoms in total. The van der Waals surface area contributed by atoms with Crippen LogP contribution in [0.1, 0.15) is 45.3 Å². The van der Waals surface area contributed by atoms with E-state index in [1.807, 2.05) is 12.1 Å². The van der Waals surface area contributed by atoms with E-state index in [0.717, 1.165) is 29.9 Å². The lowest BCUT2D eigenvalue weighted by molar-refractivity contribution is -0.144. The zero-order valence-electron chi connectivity index (χ0n) is 12.1. The van der Waals surface area contributed by atoms with Gasteiger partial charge in [-0.1, -0.05) is 0 Å². The second kappa shape index (κ2) is 4.41. The number of hydrogen-bond acceptors (Lipinski definition) is 3. The van der Waals surface area contributed by atoms with Gasteiger partial charge in [-0.05, 0) is 51.8 Å². The molecule has 0 N–H and O–H groups in total. The van der Waals surface area contributed by atoms with E-state index < -0.39 is 0 Å². The summed E-state index contributed by atoms with van der Waals surface area (Å²) in [4.78, 5) is 0. The van der Waals surface area contributed by atoms with Gasteiger partial charge in [0, 0.05) is 11.5 Å². The van der Waals surface area contributed by atoms with E-state index in [1.54, 1.807) is 7.11 Å². The molecule has 2 heterocycles. The zero-order valence-corrected chi connectivity index (χ0v) is 12.1. The second-order valence-electron chi connectivity index (χ2n) is 6.16. The fraction of sp³-hybridized carbons (Fsp3) is 0.625. The molecule has 0 saturated carbocycles. The van der Waals surface area contributed by atoms with Gasteiger partial charge in [0.1, 0.15) is 17.1 Å². The zero-order chi connectivity index (χ0) is 13.6. The predicted octanol–water partition coefficient (Wildman–Crippen LogP) is 3.72. The maximum absolute atomic E-state index is 6.22. The molecule has 1 aromatic carbocycles. The van der Waals surface area contributed by atoms with Crippen molar-refractivity contribution in [3.8, 4) is 11.5 Å². The van der Waals surface area contributed by atoms with Crippen LogP contribution < -0.4 is 9.47 Å². The van der Waals surface area contributed by atoms with Gasteiger partial charge in [-0.2, -0.15) is 0 Å². The Hall–Kier alpha value is -1.22. The highest BCUT2D eigenvalue weighted by Gasteiger charge is 2.46. The summed E-state index contributed by atoms with van der Waals surface area (Å²) in [6.07, 6.45) is 2.69. The second-order valence-corrected chi connectivity index (χ2v) is 6.16. The molecule has 3 heteroatoms. The van der Waals surface area contributed by atoms with Crippen LogP contribution in [0.4, 0.5) is 0 Å². The molecule has 0 aliphatic carbocycles. The van der Waals surface area contributed by atoms with Crippen molar-refractivity contribution in [2.45, 2.75) is 51.4 Å². The molecule has 1 saturated heterocycles. The van der Waals surface area contributed by atoms with Gasteiger partial charge in [-0.15, -0.1) is 0 Å². The fourth-order valence-electron chi connectivity index (χ4n) is 3.31. The van der Waals surface area contributed by atoms with Crippen LogP contribution in [0.25, 0.3) is 0 Å². The number of fused-ring (bicyclic) bond motifs is 3. The van der Waals surface area contributed by atoms with Crippen molar-refractivity contribution >= 4 is 0 Å². The Labute approximate surface area is 114 Å². The first kappa shape index (κ1) is 12.8. The quantitative estimate of drug-likeness (QED) is 0.772. The van der Waals surface area contributed by atoms with E-state index in [-0.39, 0.29) is 11.7 Å². The van der Waals surface area contributed by atoms with Gasteiger partial charge >= 0.3 is 0 Å². The highest BCUT2D eigenvalue weighted by Crippen LogP contribution is 2.51. The van der Waals surface area contributed by atoms with Gasteiger partial charge in [0.05, 0.1) is 19.3 Å². The third kappa shape index (κ3) is 2.10. The molecule has 2 aliphatic rings. The molecule has 0 spiro atoms. The number of rotatable bonds is 1. The monoisotopic (exact) mass is 262 g/mol. The summed E-state index contributed by atoms with van der Waals surface area (Å²) in [6, 6.07) is 6.00. The van der Waals surface area contributed by atoms with Crippen molar-refractivity contribution in [1.29, 1.82) is 0 Å². The lowest BCUT2D eigenvalue weighted by Crippen LogP contribution is -2.48. The largest absolute Gasteiger partial charge is 0.497 e. The number of methoxy groups -OCH3 is 1. The van der Waals surface area contributed by atoms with Gasteiger partial charge in [0.15, 0.2) is 0 Å². The summed E-state index contributed by atoms with van der Waals surface area (Å²) >= 11 is 0. The van der Waals surface area contributed by atoms with Crippen LogP contribution in [-0.2, 0) is 4.74 Å². The van der Waals surface area contributed by atoms with Gasteiger partial charge in [0.2, 0.25) is 0 Å². The third-order valence-corrected chi connectivity index (χ3v) is 4.42. The topological polar surface area (TPSA) is 27.7 Å². The Kier molecular flexibility index (Phi) is 2.97. The van der Waals surface area contributed by atoms with Crippen LogP contribution in [0, 0.1) is 5.92 Å². The number of benzene rings is 1. The van der Waals surface area contributed by atoms with E-state index in [0.29, 0.717) is 12.0 Å². The summed E-state index contributed by atoms with van der Waals surface area (Å²) in [6.45, 7) is 6.48. The normalized spacial score (nSPS) is 31.9. The predicted molar refractivity (Wildman–Crippen MR) is 73.7 cm³/mol. The molecule has 0 amide bonds. The van der Waals surface area contributed by atoms with Crippen LogP contribution in [-0.4, -0.2) is 18.8 Å². The Morgan fingerprint density at radius 3 is 2.79 bits per heavy atom. The maximum Gasteiger partial charge on any atom is 0.126 e. The molecule has 3 rings (SSSR count). The molecule has 19 heavy (non-hydrogen) atoms. The summed E-state index contributed by atoms with van der Waals surface area (Å²) < 4.78 is 17.7. The van der Waals surface area contributed by atoms with Gasteiger partial charge in [-0.25, -0.2) is 0 Å². The number of hydrogen-bond donors (Lipinski definition) is 0. The van der Waals surface area contributed by atoms with Crippen molar-refractivity contribution in [2.75, 3.05) is 7.11 Å². The van der Waals surface area contributed by atoms with E-state index in [2.05, 4.69) is 26.8 Å². The maximum atomic E-state index is 6.22. The average Bonchev–Trinajstić information content (AvgIpc) is 2.37. The van der Waals surface area contributed by atoms with Gasteiger partial charge < -0.3 is 14.2 Å². The van der Waals surface area contributed by atoms with E-state index in [1.165, 1.54) is 0 Å². The molecule has 3 atom stereocenters. The van der Waals surface area contributed by atoms with Crippen LogP contribution >= 0.6 is 0 Å². The van der Waals surface area contributed by atoms with E-state index in [9.17, 15) is 0 Å². The average molecular weight is 262 g/mol. The first-order chi connectivity index (χ1) is 9.01. The van der Waals surface area contributed by atoms with Crippen molar-refractivity contribution in [2.24, 2.45) is 5.92 Å². The van der Waals surface area contributed by atoms with Crippen molar-refractivity contribution in [1.82, 2.24) is 0 Å². The molecule has 1 fully saturated rings. The van der Waals surface area contributed by atoms with Crippen LogP contribution in [0.3, 0.4) is 0 Å². The summed E-state index contributed by atoms with van der Waals surface area (Å²) in [5.41, 5.74) is 0.960. The molecule has 0 unspecified atom stereocenters. The Balaban J connectivity index is 2.05. The third-order valence-electron chi connectivity index (χ3n) is 4.42. The van der Waals surface area contributed by atoms with Crippen LogP contribution in [0.5, 0.6) is 11.5 Å². The van der Waals surface area contributed by atoms with Crippen molar-refractivity contribution in [3.05, 3.63) is 23.8 Å². The first-order valence-corrected chi connectivity index (χ1v) is 7.03. The Morgan fingerprint density at radius 2 is 2.05 bits per heavy atom. The minimum absolute atomic E-state index is 0.123. The molecular formula is C16H22O3. The minimum atomic E-state index is -0.174. The first-order valence-electron chi connectivity index (χ1n) is 7.03. The highest BCUT2D eigenvalue weighted by atomic mass is 16.5. The molecular weight excluding hydrogens is 240 g/mol. The lowest BCUT2D eigenvalue weighted by Gasteiger charge is -2.48. The molecule has 0 aromatic heterocycles. The molecule has 104 valence electrons. The molecule has 1 aromatic rings. The minimum Gasteiger partial charge on any atom is -0.497 e. The van der Waals surface area contributed by atoms with Crippen LogP contribution in [0.2, 0.25) is 0 Å². The molecule has 0 radical (unpaired) electrons. The van der Waals surface area contributed by atoms with Gasteiger partial charge in [-0.3, -0.25) is 0 Å². The molecule has 0 bridgehead atoms. The smallest absolute Gasteiger partial charge is 0.126 e. The van der Waals surface area contributed by atoms with E-state index in [4.69, 9.17) is 14.2 Å². The highest BCUT2D eigenvalue weighted by molar-refractivity contribution is 5.44. The van der Waals surface area contributed by atoms with E-state index >= 15 is 0 Å². The Morgan fingerprint density at radius 1 is 1.26 bits per heavy atom. The fourth-order valence-corrected chi connectivity index (χ4v) is 3.31. The standard InChI is InChI=1S/C16H22O3/c1-10-5-7-13-15(18-10)12-9-11(17-4)6-8-14(12)19-16(13,2)3/h6,8-10,13,15H,5,7H2,1-4H3/t10-,13-,15+/m0/s1. The summed E-state index contributed by atoms with van der Waals surface area (Å²) in [5.74, 6) is 2.20. The molecule has 2 aliphatic heterocycles. The van der Waals surface area contributed by atoms with Crippen molar-refractivity contribution in [3.63, 3.8) is 0 Å². The van der Waals surface area contributed by atoms with Gasteiger partial charge in [0.25, 0.3) is 0 Å². The van der Waals surface area contributed by atoms with Crippen molar-refractivity contribution < 1.29 is 14.2 Å². The summed E-state index contributed by atoms with van der Waals surface area (Å²) in [7, 11) is 1.69. The number of ether oxygens (including phenoxy) is 3. The Bertz CT molecular complexity index is 481. The summed E-state index contributed by atoms with van der Waals surface area (Å²) in [5, 5.41) is 0. The van der Waals surface area contributed by atoms with Crippen LogP contribution in [0.15, 0.2) is 18.2 Å².